The van der Waals surface area contributed by atoms with Crippen LogP contribution in [0.2, 0.25) is 0 Å². The fourth-order valence-electron chi connectivity index (χ4n) is 5.52. The normalized spacial score (nSPS) is 30.5. The van der Waals surface area contributed by atoms with Crippen molar-refractivity contribution in [3.63, 3.8) is 0 Å². The van der Waals surface area contributed by atoms with Crippen molar-refractivity contribution < 1.29 is 39.6 Å². The maximum absolute atomic E-state index is 13.4. The van der Waals surface area contributed by atoms with Crippen LogP contribution in [0.25, 0.3) is 5.76 Å². The molecule has 0 aliphatic heterocycles. The number of ketones is 2. The van der Waals surface area contributed by atoms with Gasteiger partial charge in [0.25, 0.3) is 0 Å². The number of rotatable bonds is 4. The van der Waals surface area contributed by atoms with Gasteiger partial charge in [0.05, 0.1) is 18.2 Å². The molecule has 2 saturated carbocycles. The Labute approximate surface area is 194 Å². The molecule has 7 N–H and O–H groups in total. The topological polar surface area (TPSA) is 190 Å². The van der Waals surface area contributed by atoms with Gasteiger partial charge in [-0.25, -0.2) is 0 Å². The Morgan fingerprint density at radius 2 is 1.88 bits per heavy atom. The first-order valence-electron chi connectivity index (χ1n) is 10.9. The number of benzene rings is 1. The maximum atomic E-state index is 13.4. The number of phenols is 1. The summed E-state index contributed by atoms with van der Waals surface area (Å²) in [6.45, 7) is 0.0980. The highest BCUT2D eigenvalue weighted by Gasteiger charge is 2.63. The van der Waals surface area contributed by atoms with Crippen molar-refractivity contribution in [3.05, 3.63) is 28.8 Å². The van der Waals surface area contributed by atoms with Gasteiger partial charge < -0.3 is 36.4 Å². The van der Waals surface area contributed by atoms with E-state index in [9.17, 15) is 39.6 Å². The fraction of sp³-hybridized carbons (Fsp3) is 0.478. The summed E-state index contributed by atoms with van der Waals surface area (Å²) < 4.78 is 0. The van der Waals surface area contributed by atoms with Gasteiger partial charge >= 0.3 is 0 Å². The highest BCUT2D eigenvalue weighted by molar-refractivity contribution is 6.24. The average Bonchev–Trinajstić information content (AvgIpc) is 2.71. The number of amides is 2. The lowest BCUT2D eigenvalue weighted by Crippen LogP contribution is -2.66. The minimum absolute atomic E-state index is 0.0517. The van der Waals surface area contributed by atoms with Gasteiger partial charge in [-0.05, 0) is 57.0 Å². The SMILES string of the molecule is CN(C)CC(=O)Nc1ccc(O)c2c1C[C@H]1C[C@H]3CC(O)C(C(N)=O)C(=O)[C@@]3(O)C(=O)C1=C2O. The van der Waals surface area contributed by atoms with Crippen LogP contribution in [0.4, 0.5) is 5.69 Å². The number of hydrogen-bond donors (Lipinski definition) is 6. The second-order valence-electron chi connectivity index (χ2n) is 9.51. The standard InChI is InChI=1S/C23H27N3O8/c1-26(2)8-15(29)25-12-3-4-13(27)17-11(12)6-9-5-10-7-14(28)18(22(24)33)21(32)23(10,34)20(31)16(9)19(17)30/h3-4,9-10,14,18,27-28,30,34H,5-8H2,1-2H3,(H2,24,33)(H,25,29)/t9-,10+,14?,18?,23+/m1/s1. The number of Topliss-reactive ketones (excluding diaryl/α,β-unsaturated/α-hetero) is 2. The number of hydrogen-bond acceptors (Lipinski definition) is 9. The van der Waals surface area contributed by atoms with Crippen molar-refractivity contribution in [3.8, 4) is 5.75 Å². The third-order valence-corrected chi connectivity index (χ3v) is 7.00. The Kier molecular flexibility index (Phi) is 5.75. The molecule has 34 heavy (non-hydrogen) atoms. The molecule has 0 heterocycles. The van der Waals surface area contributed by atoms with E-state index in [2.05, 4.69) is 5.32 Å². The van der Waals surface area contributed by atoms with E-state index in [0.29, 0.717) is 11.3 Å². The number of likely N-dealkylation sites (N-methyl/N-ethyl adjacent to an activating group) is 1. The molecule has 1 aromatic rings. The lowest BCUT2D eigenvalue weighted by molar-refractivity contribution is -0.174. The van der Waals surface area contributed by atoms with Crippen molar-refractivity contribution in [2.24, 2.45) is 23.5 Å². The van der Waals surface area contributed by atoms with Crippen molar-refractivity contribution in [1.82, 2.24) is 4.90 Å². The molecule has 0 aromatic heterocycles. The van der Waals surface area contributed by atoms with Crippen LogP contribution in [0.3, 0.4) is 0 Å². The lowest BCUT2D eigenvalue weighted by atomic mass is 9.56. The lowest BCUT2D eigenvalue weighted by Gasteiger charge is -2.48. The summed E-state index contributed by atoms with van der Waals surface area (Å²) in [7, 11) is 3.45. The molecule has 0 bridgehead atoms. The number of fused-ring (bicyclic) bond motifs is 3. The Balaban J connectivity index is 1.80. The summed E-state index contributed by atoms with van der Waals surface area (Å²) in [6.07, 6.45) is -1.47. The number of nitrogens with zero attached hydrogens (tertiary/aromatic N) is 1. The number of carbonyl (C=O) groups excluding carboxylic acids is 4. The van der Waals surface area contributed by atoms with Gasteiger partial charge in [-0.1, -0.05) is 0 Å². The third-order valence-electron chi connectivity index (χ3n) is 7.00. The molecule has 1 aromatic carbocycles. The molecule has 0 spiro atoms. The number of aliphatic hydroxyl groups is 3. The number of nitrogens with two attached hydrogens (primary N) is 1. The number of carbonyl (C=O) groups is 4. The molecule has 3 aliphatic rings. The van der Waals surface area contributed by atoms with Gasteiger partial charge in [0, 0.05) is 17.2 Å². The summed E-state index contributed by atoms with van der Waals surface area (Å²) in [5.74, 6) is -8.06. The monoisotopic (exact) mass is 473 g/mol. The quantitative estimate of drug-likeness (QED) is 0.237. The molecule has 2 fully saturated rings. The number of nitrogens with one attached hydrogen (secondary N) is 1. The highest BCUT2D eigenvalue weighted by atomic mass is 16.3. The van der Waals surface area contributed by atoms with E-state index < -0.39 is 52.7 Å². The van der Waals surface area contributed by atoms with Gasteiger partial charge in [-0.3, -0.25) is 19.2 Å². The van der Waals surface area contributed by atoms with E-state index in [1.165, 1.54) is 12.1 Å². The van der Waals surface area contributed by atoms with E-state index in [0.717, 1.165) is 0 Å². The minimum Gasteiger partial charge on any atom is -0.507 e. The van der Waals surface area contributed by atoms with Gasteiger partial charge in [0.1, 0.15) is 17.4 Å². The maximum Gasteiger partial charge on any atom is 0.238 e. The Morgan fingerprint density at radius 3 is 2.50 bits per heavy atom. The predicted octanol–water partition coefficient (Wildman–Crippen LogP) is -0.911. The second-order valence-corrected chi connectivity index (χ2v) is 9.51. The fourth-order valence-corrected chi connectivity index (χ4v) is 5.52. The number of aliphatic hydroxyl groups excluding tert-OH is 2. The smallest absolute Gasteiger partial charge is 0.238 e. The Hall–Kier alpha value is -3.28. The highest BCUT2D eigenvalue weighted by Crippen LogP contribution is 2.52. The van der Waals surface area contributed by atoms with E-state index in [1.807, 2.05) is 0 Å². The van der Waals surface area contributed by atoms with E-state index in [1.54, 1.807) is 19.0 Å². The summed E-state index contributed by atoms with van der Waals surface area (Å²) in [5, 5.41) is 45.8. The average molecular weight is 473 g/mol. The van der Waals surface area contributed by atoms with E-state index in [4.69, 9.17) is 5.73 Å². The molecule has 182 valence electrons. The number of primary amides is 1. The number of aromatic hydroxyl groups is 1. The van der Waals surface area contributed by atoms with Gasteiger partial charge in [-0.2, -0.15) is 0 Å². The van der Waals surface area contributed by atoms with Gasteiger partial charge in [0.15, 0.2) is 11.4 Å². The van der Waals surface area contributed by atoms with E-state index in [-0.39, 0.29) is 48.6 Å². The molecular weight excluding hydrogens is 446 g/mol. The summed E-state index contributed by atoms with van der Waals surface area (Å²) in [5.41, 5.74) is 3.07. The Bertz CT molecular complexity index is 1140. The molecule has 2 unspecified atom stereocenters. The zero-order valence-electron chi connectivity index (χ0n) is 18.7. The molecular formula is C23H27N3O8. The summed E-state index contributed by atoms with van der Waals surface area (Å²) >= 11 is 0. The van der Waals surface area contributed by atoms with Crippen LogP contribution in [0.5, 0.6) is 5.75 Å². The number of anilines is 1. The molecule has 3 aliphatic carbocycles. The molecule has 4 rings (SSSR count). The molecule has 11 nitrogen and oxygen atoms in total. The predicted molar refractivity (Wildman–Crippen MR) is 118 cm³/mol. The molecule has 5 atom stereocenters. The van der Waals surface area contributed by atoms with Crippen molar-refractivity contribution >= 4 is 34.8 Å². The first-order valence-corrected chi connectivity index (χ1v) is 10.9. The van der Waals surface area contributed by atoms with Crippen LogP contribution in [0.1, 0.15) is 24.0 Å². The largest absolute Gasteiger partial charge is 0.507 e. The first kappa shape index (κ1) is 23.9. The number of phenolic OH excluding ortho intramolecular Hbond substituents is 1. The van der Waals surface area contributed by atoms with Crippen molar-refractivity contribution in [1.29, 1.82) is 0 Å². The minimum atomic E-state index is -2.62. The van der Waals surface area contributed by atoms with Crippen molar-refractivity contribution in [2.45, 2.75) is 31.0 Å². The van der Waals surface area contributed by atoms with Crippen LogP contribution in [0, 0.1) is 17.8 Å². The summed E-state index contributed by atoms with van der Waals surface area (Å²) in [6, 6.07) is 2.75. The van der Waals surface area contributed by atoms with Gasteiger partial charge in [-0.15, -0.1) is 0 Å². The van der Waals surface area contributed by atoms with Crippen LogP contribution < -0.4 is 11.1 Å². The van der Waals surface area contributed by atoms with Crippen LogP contribution >= 0.6 is 0 Å². The van der Waals surface area contributed by atoms with Crippen molar-refractivity contribution in [2.75, 3.05) is 26.0 Å². The second kappa shape index (κ2) is 8.19. The molecule has 2 amide bonds. The zero-order chi connectivity index (χ0) is 25.1. The van der Waals surface area contributed by atoms with Crippen LogP contribution in [-0.4, -0.2) is 81.1 Å². The van der Waals surface area contributed by atoms with Crippen LogP contribution in [0.15, 0.2) is 17.7 Å². The first-order chi connectivity index (χ1) is 15.9. The van der Waals surface area contributed by atoms with E-state index >= 15 is 0 Å². The van der Waals surface area contributed by atoms with Crippen LogP contribution in [-0.2, 0) is 25.6 Å². The molecule has 11 heteroatoms. The molecule has 0 radical (unpaired) electrons. The third kappa shape index (κ3) is 3.47. The van der Waals surface area contributed by atoms with Gasteiger partial charge in [0.2, 0.25) is 17.6 Å². The Morgan fingerprint density at radius 1 is 1.21 bits per heavy atom. The zero-order valence-corrected chi connectivity index (χ0v) is 18.7. The molecule has 0 saturated heterocycles. The summed E-state index contributed by atoms with van der Waals surface area (Å²) in [4.78, 5) is 52.1.